The average Bonchev–Trinajstić information content (AvgIpc) is 2.90. The first-order valence-electron chi connectivity index (χ1n) is 12.2. The van der Waals surface area contributed by atoms with Gasteiger partial charge in [0.1, 0.15) is 24.2 Å². The molecule has 0 aliphatic carbocycles. The van der Waals surface area contributed by atoms with E-state index in [9.17, 15) is 26.8 Å². The second kappa shape index (κ2) is 12.6. The molecule has 3 aromatic rings. The monoisotopic (exact) mass is 543 g/mol. The van der Waals surface area contributed by atoms with E-state index in [1.807, 2.05) is 13.8 Å². The van der Waals surface area contributed by atoms with Crippen molar-refractivity contribution in [1.82, 2.24) is 10.2 Å². The van der Waals surface area contributed by atoms with Crippen LogP contribution in [0.15, 0.2) is 77.7 Å². The van der Waals surface area contributed by atoms with Gasteiger partial charge in [-0.05, 0) is 62.7 Å². The molecule has 0 saturated carbocycles. The number of rotatable bonds is 11. The summed E-state index contributed by atoms with van der Waals surface area (Å²) < 4.78 is 56.2. The highest BCUT2D eigenvalue weighted by atomic mass is 32.2. The molecule has 0 radical (unpaired) electrons. The van der Waals surface area contributed by atoms with Crippen molar-refractivity contribution in [1.29, 1.82) is 0 Å². The molecule has 1 atom stereocenters. The zero-order valence-corrected chi connectivity index (χ0v) is 22.3. The average molecular weight is 544 g/mol. The predicted molar refractivity (Wildman–Crippen MR) is 142 cm³/mol. The molecule has 3 rings (SSSR count). The van der Waals surface area contributed by atoms with E-state index in [1.165, 1.54) is 25.1 Å². The number of benzene rings is 3. The van der Waals surface area contributed by atoms with Crippen molar-refractivity contribution in [2.45, 2.75) is 44.7 Å². The van der Waals surface area contributed by atoms with E-state index in [1.54, 1.807) is 30.3 Å². The molecule has 7 nitrogen and oxygen atoms in total. The van der Waals surface area contributed by atoms with Crippen molar-refractivity contribution in [3.05, 3.63) is 95.6 Å². The first-order valence-corrected chi connectivity index (χ1v) is 13.6. The molecule has 0 fully saturated rings. The minimum absolute atomic E-state index is 0.180. The molecule has 2 amide bonds. The Labute approximate surface area is 222 Å². The largest absolute Gasteiger partial charge is 0.354 e. The lowest BCUT2D eigenvalue weighted by Gasteiger charge is -2.32. The van der Waals surface area contributed by atoms with Gasteiger partial charge >= 0.3 is 0 Å². The summed E-state index contributed by atoms with van der Waals surface area (Å²) in [7, 11) is -4.31. The lowest BCUT2D eigenvalue weighted by molar-refractivity contribution is -0.139. The predicted octanol–water partition coefficient (Wildman–Crippen LogP) is 4.41. The summed E-state index contributed by atoms with van der Waals surface area (Å²) in [6.07, 6.45) is 0.677. The summed E-state index contributed by atoms with van der Waals surface area (Å²) in [6, 6.07) is 15.7. The Morgan fingerprint density at radius 3 is 2.18 bits per heavy atom. The molecular weight excluding hydrogens is 512 g/mol. The number of aryl methyl sites for hydroxylation is 1. The van der Waals surface area contributed by atoms with Crippen LogP contribution in [0.2, 0.25) is 0 Å². The zero-order chi connectivity index (χ0) is 27.9. The topological polar surface area (TPSA) is 86.8 Å². The van der Waals surface area contributed by atoms with E-state index in [4.69, 9.17) is 0 Å². The van der Waals surface area contributed by atoms with Crippen molar-refractivity contribution < 1.29 is 26.8 Å². The Kier molecular flexibility index (Phi) is 9.57. The van der Waals surface area contributed by atoms with Crippen molar-refractivity contribution in [3.63, 3.8) is 0 Å². The van der Waals surface area contributed by atoms with Gasteiger partial charge in [-0.1, -0.05) is 42.8 Å². The summed E-state index contributed by atoms with van der Waals surface area (Å²) >= 11 is 0. The number of anilines is 1. The van der Waals surface area contributed by atoms with Gasteiger partial charge in [-0.25, -0.2) is 17.2 Å². The number of nitrogens with zero attached hydrogens (tertiary/aromatic N) is 2. The molecule has 0 aromatic heterocycles. The number of sulfonamides is 1. The summed E-state index contributed by atoms with van der Waals surface area (Å²) in [6.45, 7) is 4.70. The Bertz CT molecular complexity index is 1360. The second-order valence-electron chi connectivity index (χ2n) is 8.88. The molecule has 10 heteroatoms. The quantitative estimate of drug-likeness (QED) is 0.388. The molecule has 38 heavy (non-hydrogen) atoms. The SMILES string of the molecule is CCCNC(=O)C(C)N(Cc1ccccc1F)C(=O)CN(c1ccc(C)cc1)S(=O)(=O)c1ccc(F)cc1. The van der Waals surface area contributed by atoms with Crippen LogP contribution in [0.25, 0.3) is 0 Å². The fourth-order valence-corrected chi connectivity index (χ4v) is 5.18. The zero-order valence-electron chi connectivity index (χ0n) is 21.5. The van der Waals surface area contributed by atoms with Gasteiger partial charge in [-0.3, -0.25) is 13.9 Å². The third kappa shape index (κ3) is 6.95. The minimum Gasteiger partial charge on any atom is -0.354 e. The highest BCUT2D eigenvalue weighted by molar-refractivity contribution is 7.92. The van der Waals surface area contributed by atoms with E-state index < -0.39 is 46.1 Å². The van der Waals surface area contributed by atoms with Crippen LogP contribution < -0.4 is 9.62 Å². The van der Waals surface area contributed by atoms with Crippen molar-refractivity contribution in [2.24, 2.45) is 0 Å². The first kappa shape index (κ1) is 28.8. The van der Waals surface area contributed by atoms with Gasteiger partial charge in [0.2, 0.25) is 11.8 Å². The number of hydrogen-bond donors (Lipinski definition) is 1. The van der Waals surface area contributed by atoms with Gasteiger partial charge < -0.3 is 10.2 Å². The number of nitrogens with one attached hydrogen (secondary N) is 1. The van der Waals surface area contributed by atoms with Crippen LogP contribution in [0.3, 0.4) is 0 Å². The Hall–Kier alpha value is -3.79. The van der Waals surface area contributed by atoms with Crippen molar-refractivity contribution >= 4 is 27.5 Å². The molecule has 0 aliphatic rings. The van der Waals surface area contributed by atoms with E-state index in [0.717, 1.165) is 39.0 Å². The Balaban J connectivity index is 2.02. The van der Waals surface area contributed by atoms with E-state index >= 15 is 0 Å². The highest BCUT2D eigenvalue weighted by Crippen LogP contribution is 2.25. The summed E-state index contributed by atoms with van der Waals surface area (Å²) in [5.41, 5.74) is 1.27. The van der Waals surface area contributed by atoms with Gasteiger partial charge in [-0.15, -0.1) is 0 Å². The summed E-state index contributed by atoms with van der Waals surface area (Å²) in [4.78, 5) is 27.5. The minimum atomic E-state index is -4.31. The van der Waals surface area contributed by atoms with E-state index in [2.05, 4.69) is 5.32 Å². The van der Waals surface area contributed by atoms with Crippen LogP contribution in [0.5, 0.6) is 0 Å². The molecule has 1 unspecified atom stereocenters. The van der Waals surface area contributed by atoms with Gasteiger partial charge in [-0.2, -0.15) is 0 Å². The number of halogens is 2. The van der Waals surface area contributed by atoms with Gasteiger partial charge in [0.05, 0.1) is 10.6 Å². The van der Waals surface area contributed by atoms with Gasteiger partial charge in [0.25, 0.3) is 10.0 Å². The third-order valence-electron chi connectivity index (χ3n) is 6.02. The van der Waals surface area contributed by atoms with Crippen LogP contribution >= 0.6 is 0 Å². The van der Waals surface area contributed by atoms with Crippen LogP contribution in [0, 0.1) is 18.6 Å². The normalized spacial score (nSPS) is 12.0. The lowest BCUT2D eigenvalue weighted by atomic mass is 10.1. The molecule has 1 N–H and O–H groups in total. The molecule has 202 valence electrons. The molecule has 0 aliphatic heterocycles. The number of amides is 2. The first-order chi connectivity index (χ1) is 18.0. The smallest absolute Gasteiger partial charge is 0.264 e. The fourth-order valence-electron chi connectivity index (χ4n) is 3.76. The number of carbonyl (C=O) groups excluding carboxylic acids is 2. The molecule has 0 spiro atoms. The maximum atomic E-state index is 14.5. The van der Waals surface area contributed by atoms with E-state index in [-0.39, 0.29) is 22.7 Å². The Morgan fingerprint density at radius 2 is 1.58 bits per heavy atom. The summed E-state index contributed by atoms with van der Waals surface area (Å²) in [5, 5.41) is 2.73. The maximum Gasteiger partial charge on any atom is 0.264 e. The molecule has 0 bridgehead atoms. The second-order valence-corrected chi connectivity index (χ2v) is 10.7. The third-order valence-corrected chi connectivity index (χ3v) is 7.81. The van der Waals surface area contributed by atoms with Gasteiger partial charge in [0, 0.05) is 18.7 Å². The van der Waals surface area contributed by atoms with Crippen molar-refractivity contribution in [3.8, 4) is 0 Å². The molecule has 0 saturated heterocycles. The standard InChI is InChI=1S/C28H31F2N3O4S/c1-4-17-31-28(35)21(3)32(18-22-7-5-6-8-26(22)30)27(34)19-33(24-13-9-20(2)10-14-24)38(36,37)25-15-11-23(29)12-16-25/h5-16,21H,4,17-19H2,1-3H3,(H,31,35). The van der Waals surface area contributed by atoms with Crippen LogP contribution in [-0.4, -0.2) is 44.3 Å². The van der Waals surface area contributed by atoms with Crippen LogP contribution in [0.4, 0.5) is 14.5 Å². The maximum absolute atomic E-state index is 14.5. The fraction of sp³-hybridized carbons (Fsp3) is 0.286. The van der Waals surface area contributed by atoms with Gasteiger partial charge in [0.15, 0.2) is 0 Å². The Morgan fingerprint density at radius 1 is 0.947 bits per heavy atom. The highest BCUT2D eigenvalue weighted by Gasteiger charge is 2.32. The summed E-state index contributed by atoms with van der Waals surface area (Å²) in [5.74, 6) is -2.32. The molecular formula is C28H31F2N3O4S. The van der Waals surface area contributed by atoms with Crippen molar-refractivity contribution in [2.75, 3.05) is 17.4 Å². The van der Waals surface area contributed by atoms with E-state index in [0.29, 0.717) is 13.0 Å². The van der Waals surface area contributed by atoms with Crippen LogP contribution in [0.1, 0.15) is 31.4 Å². The molecule has 3 aromatic carbocycles. The lowest BCUT2D eigenvalue weighted by Crippen LogP contribution is -2.51. The number of hydrogen-bond acceptors (Lipinski definition) is 4. The molecule has 0 heterocycles. The van der Waals surface area contributed by atoms with Crippen LogP contribution in [-0.2, 0) is 26.2 Å². The number of carbonyl (C=O) groups is 2.